The topological polar surface area (TPSA) is 57.2 Å². The zero-order chi connectivity index (χ0) is 22.9. The Morgan fingerprint density at radius 1 is 0.742 bits per heavy atom. The lowest BCUT2D eigenvalue weighted by Crippen LogP contribution is -2.11. The molecule has 166 valence electrons. The number of benzene rings is 3. The highest BCUT2D eigenvalue weighted by Crippen LogP contribution is 2.32. The highest BCUT2D eigenvalue weighted by molar-refractivity contribution is 7.97. The summed E-state index contributed by atoms with van der Waals surface area (Å²) in [6.07, 6.45) is 1.23. The first-order valence-corrected chi connectivity index (χ1v) is 13.3. The SMILES string of the molecule is CC(C)(C)c1ccc([S+](c2ccccc2)c2ccccc2)cc1.CCCCS(=O)(=O)[O-]. The van der Waals surface area contributed by atoms with Crippen molar-refractivity contribution in [2.45, 2.75) is 60.6 Å². The Morgan fingerprint density at radius 2 is 1.16 bits per heavy atom. The van der Waals surface area contributed by atoms with Crippen LogP contribution in [0.25, 0.3) is 0 Å². The van der Waals surface area contributed by atoms with Crippen LogP contribution in [0.1, 0.15) is 46.1 Å². The van der Waals surface area contributed by atoms with Crippen LogP contribution in [-0.4, -0.2) is 18.7 Å². The highest BCUT2D eigenvalue weighted by Gasteiger charge is 2.28. The molecule has 5 heteroatoms. The van der Waals surface area contributed by atoms with Crippen LogP contribution in [0.15, 0.2) is 99.6 Å². The molecule has 0 spiro atoms. The zero-order valence-corrected chi connectivity index (χ0v) is 20.4. The van der Waals surface area contributed by atoms with Gasteiger partial charge in [-0.05, 0) is 53.8 Å². The van der Waals surface area contributed by atoms with E-state index in [4.69, 9.17) is 0 Å². The summed E-state index contributed by atoms with van der Waals surface area (Å²) < 4.78 is 29.5. The zero-order valence-electron chi connectivity index (χ0n) is 18.7. The first kappa shape index (κ1) is 25.2. The number of hydrogen-bond donors (Lipinski definition) is 0. The second kappa shape index (κ2) is 11.5. The lowest BCUT2D eigenvalue weighted by Gasteiger charge is -2.19. The van der Waals surface area contributed by atoms with Crippen molar-refractivity contribution in [3.63, 3.8) is 0 Å². The molecule has 3 aromatic carbocycles. The molecule has 0 radical (unpaired) electrons. The summed E-state index contributed by atoms with van der Waals surface area (Å²) in [5.41, 5.74) is 1.57. The van der Waals surface area contributed by atoms with E-state index in [9.17, 15) is 13.0 Å². The first-order valence-electron chi connectivity index (χ1n) is 10.5. The molecule has 0 unspecified atom stereocenters. The fourth-order valence-corrected chi connectivity index (χ4v) is 5.66. The van der Waals surface area contributed by atoms with Crippen molar-refractivity contribution in [1.82, 2.24) is 0 Å². The molecule has 3 aromatic rings. The van der Waals surface area contributed by atoms with Gasteiger partial charge in [-0.1, -0.05) is 82.6 Å². The molecule has 0 fully saturated rings. The summed E-state index contributed by atoms with van der Waals surface area (Å²) >= 11 is 0. The minimum absolute atomic E-state index is 0.0497. The van der Waals surface area contributed by atoms with Crippen LogP contribution in [0.5, 0.6) is 0 Å². The van der Waals surface area contributed by atoms with Crippen molar-refractivity contribution in [2.75, 3.05) is 5.75 Å². The van der Waals surface area contributed by atoms with Crippen LogP contribution in [0.2, 0.25) is 0 Å². The fraction of sp³-hybridized carbons (Fsp3) is 0.308. The third-order valence-electron chi connectivity index (χ3n) is 4.66. The summed E-state index contributed by atoms with van der Waals surface area (Å²) in [4.78, 5) is 4.10. The molecule has 0 saturated carbocycles. The van der Waals surface area contributed by atoms with E-state index in [1.54, 1.807) is 0 Å². The Balaban J connectivity index is 0.000000366. The second-order valence-electron chi connectivity index (χ2n) is 8.32. The largest absolute Gasteiger partial charge is 0.748 e. The van der Waals surface area contributed by atoms with Crippen molar-refractivity contribution in [1.29, 1.82) is 0 Å². The number of unbranched alkanes of at least 4 members (excludes halogenated alkanes) is 1. The van der Waals surface area contributed by atoms with E-state index < -0.39 is 10.1 Å². The van der Waals surface area contributed by atoms with E-state index in [0.29, 0.717) is 6.42 Å². The summed E-state index contributed by atoms with van der Waals surface area (Å²) in [7, 11) is -3.99. The smallest absolute Gasteiger partial charge is 0.166 e. The summed E-state index contributed by atoms with van der Waals surface area (Å²) in [6, 6.07) is 30.7. The lowest BCUT2D eigenvalue weighted by molar-refractivity contribution is 0.461. The van der Waals surface area contributed by atoms with Crippen LogP contribution in [0, 0.1) is 0 Å². The van der Waals surface area contributed by atoms with Crippen LogP contribution in [0.3, 0.4) is 0 Å². The summed E-state index contributed by atoms with van der Waals surface area (Å²) in [5.74, 6) is -0.219. The maximum Gasteiger partial charge on any atom is 0.166 e. The Kier molecular flexibility index (Phi) is 9.35. The minimum Gasteiger partial charge on any atom is -0.748 e. The Bertz CT molecular complexity index is 968. The molecule has 3 rings (SSSR count). The predicted molar refractivity (Wildman–Crippen MR) is 130 cm³/mol. The average Bonchev–Trinajstić information content (AvgIpc) is 2.74. The van der Waals surface area contributed by atoms with Crippen LogP contribution >= 0.6 is 0 Å². The monoisotopic (exact) mass is 456 g/mol. The van der Waals surface area contributed by atoms with E-state index in [-0.39, 0.29) is 22.1 Å². The van der Waals surface area contributed by atoms with Crippen molar-refractivity contribution >= 4 is 21.0 Å². The van der Waals surface area contributed by atoms with Crippen LogP contribution in [0.4, 0.5) is 0 Å². The van der Waals surface area contributed by atoms with Gasteiger partial charge in [0.25, 0.3) is 0 Å². The van der Waals surface area contributed by atoms with Crippen LogP contribution in [-0.2, 0) is 26.4 Å². The number of rotatable bonds is 6. The average molecular weight is 457 g/mol. The standard InChI is InChI=1S/C22H23S.C4H10O3S/c1-22(2,3)18-14-16-21(17-15-18)23(19-10-6-4-7-11-19)20-12-8-5-9-13-20;1-2-3-4-8(5,6)7/h4-17H,1-3H3;2-4H2,1H3,(H,5,6,7)/q+1;/p-1. The maximum atomic E-state index is 9.83. The van der Waals surface area contributed by atoms with Gasteiger partial charge in [-0.15, -0.1) is 0 Å². The molecule has 0 aliphatic heterocycles. The van der Waals surface area contributed by atoms with Crippen molar-refractivity contribution in [3.8, 4) is 0 Å². The van der Waals surface area contributed by atoms with Gasteiger partial charge in [-0.3, -0.25) is 0 Å². The quantitative estimate of drug-likeness (QED) is 0.318. The first-order chi connectivity index (χ1) is 14.6. The van der Waals surface area contributed by atoms with E-state index in [1.807, 2.05) is 6.92 Å². The Morgan fingerprint density at radius 3 is 1.48 bits per heavy atom. The van der Waals surface area contributed by atoms with Gasteiger partial charge in [-0.2, -0.15) is 0 Å². The van der Waals surface area contributed by atoms with Crippen molar-refractivity contribution in [2.24, 2.45) is 0 Å². The molecule has 0 aromatic heterocycles. The molecule has 0 heterocycles. The summed E-state index contributed by atoms with van der Waals surface area (Å²) in [5, 5.41) is 0. The number of hydrogen-bond acceptors (Lipinski definition) is 3. The molecular formula is C26H32O3S2. The third-order valence-corrected chi connectivity index (χ3v) is 7.68. The van der Waals surface area contributed by atoms with Gasteiger partial charge in [-0.25, -0.2) is 8.42 Å². The van der Waals surface area contributed by atoms with Gasteiger partial charge in [0.1, 0.15) is 0 Å². The lowest BCUT2D eigenvalue weighted by atomic mass is 9.87. The fourth-order valence-electron chi connectivity index (χ4n) is 2.93. The van der Waals surface area contributed by atoms with E-state index in [2.05, 4.69) is 106 Å². The molecule has 0 amide bonds. The Hall–Kier alpha value is -2.08. The molecule has 0 bridgehead atoms. The molecule has 0 aliphatic rings. The minimum atomic E-state index is -3.94. The van der Waals surface area contributed by atoms with E-state index >= 15 is 0 Å². The molecule has 0 atom stereocenters. The van der Waals surface area contributed by atoms with Crippen molar-refractivity contribution in [3.05, 3.63) is 90.5 Å². The van der Waals surface area contributed by atoms with Gasteiger partial charge in [0.15, 0.2) is 14.7 Å². The normalized spacial score (nSPS) is 11.7. The second-order valence-corrected chi connectivity index (χ2v) is 11.9. The van der Waals surface area contributed by atoms with Gasteiger partial charge in [0.05, 0.1) is 21.0 Å². The van der Waals surface area contributed by atoms with Crippen molar-refractivity contribution < 1.29 is 13.0 Å². The molecule has 0 aliphatic carbocycles. The molecule has 31 heavy (non-hydrogen) atoms. The molecule has 0 saturated heterocycles. The Labute approximate surface area is 190 Å². The third kappa shape index (κ3) is 8.52. The molecular weight excluding hydrogens is 424 g/mol. The van der Waals surface area contributed by atoms with Gasteiger partial charge < -0.3 is 4.55 Å². The van der Waals surface area contributed by atoms with Crippen LogP contribution < -0.4 is 0 Å². The molecule has 0 N–H and O–H groups in total. The highest BCUT2D eigenvalue weighted by atomic mass is 32.2. The van der Waals surface area contributed by atoms with E-state index in [1.165, 1.54) is 20.2 Å². The van der Waals surface area contributed by atoms with Gasteiger partial charge in [0.2, 0.25) is 0 Å². The summed E-state index contributed by atoms with van der Waals surface area (Å²) in [6.45, 7) is 8.62. The molecule has 3 nitrogen and oxygen atoms in total. The van der Waals surface area contributed by atoms with Gasteiger partial charge >= 0.3 is 0 Å². The maximum absolute atomic E-state index is 9.83. The van der Waals surface area contributed by atoms with E-state index in [0.717, 1.165) is 6.42 Å². The predicted octanol–water partition coefficient (Wildman–Crippen LogP) is 6.41. The van der Waals surface area contributed by atoms with Gasteiger partial charge in [0, 0.05) is 5.75 Å².